The number of nitrogens with zero attached hydrogens (tertiary/aromatic N) is 1. The fraction of sp³-hybridized carbons (Fsp3) is 0.900. The average Bonchev–Trinajstić information content (AvgIpc) is 2.77. The molecule has 2 amide bonds. The van der Waals surface area contributed by atoms with Gasteiger partial charge in [0.25, 0.3) is 0 Å². The summed E-state index contributed by atoms with van der Waals surface area (Å²) in [7, 11) is 0. The van der Waals surface area contributed by atoms with Gasteiger partial charge in [0.05, 0.1) is 0 Å². The molecule has 4 aliphatic carbocycles. The summed E-state index contributed by atoms with van der Waals surface area (Å²) in [6.45, 7) is 0. The van der Waals surface area contributed by atoms with Crippen LogP contribution in [0.25, 0.3) is 0 Å². The number of carbonyl (C=O) groups excluding carboxylic acids is 1. The molecule has 6 bridgehead atoms. The van der Waals surface area contributed by atoms with Crippen molar-refractivity contribution in [2.24, 2.45) is 23.7 Å². The molecule has 0 unspecified atom stereocenters. The van der Waals surface area contributed by atoms with Gasteiger partial charge < -0.3 is 15.3 Å². The monoisotopic (exact) mass is 346 g/mol. The lowest BCUT2D eigenvalue weighted by atomic mass is 9.53. The van der Waals surface area contributed by atoms with E-state index in [0.717, 1.165) is 43.4 Å². The number of hydrogen-bond donors (Lipinski definition) is 2. The Kier molecular flexibility index (Phi) is 3.58. The summed E-state index contributed by atoms with van der Waals surface area (Å²) in [5.41, 5.74) is 0.104. The zero-order valence-electron chi connectivity index (χ0n) is 15.0. The minimum Gasteiger partial charge on any atom is -0.465 e. The van der Waals surface area contributed by atoms with Gasteiger partial charge in [-0.15, -0.1) is 0 Å². The van der Waals surface area contributed by atoms with Gasteiger partial charge in [0.2, 0.25) is 5.91 Å². The predicted molar refractivity (Wildman–Crippen MR) is 93.1 cm³/mol. The third-order valence-electron chi connectivity index (χ3n) is 7.97. The van der Waals surface area contributed by atoms with Crippen molar-refractivity contribution in [1.29, 1.82) is 0 Å². The first-order valence-electron chi connectivity index (χ1n) is 10.3. The van der Waals surface area contributed by atoms with Crippen LogP contribution in [0.2, 0.25) is 0 Å². The second-order valence-corrected chi connectivity index (χ2v) is 9.86. The normalized spacial score (nSPS) is 47.1. The summed E-state index contributed by atoms with van der Waals surface area (Å²) in [4.78, 5) is 25.9. The molecule has 6 rings (SSSR count). The SMILES string of the molecule is O=C(C[C@H]1C[C@H]2CC[C@@H](C1)N2C(=O)O)NC12CC3CC(CC(C3)C1)C2. The van der Waals surface area contributed by atoms with E-state index in [1.165, 1.54) is 38.5 Å². The standard InChI is InChI=1S/C20H30N2O3/c23-18(8-12-6-16-1-2-17(7-12)22(16)19(24)25)21-20-9-13-3-14(10-20)5-15(4-13)11-20/h12-17H,1-11H2,(H,21,23)(H,24,25)/t12-,13?,14?,15?,16+,17-,20?. The Hall–Kier alpha value is -1.26. The number of carboxylic acid groups (broad SMARTS) is 1. The molecule has 5 heteroatoms. The third kappa shape index (κ3) is 2.74. The first-order chi connectivity index (χ1) is 12.0. The number of fused-ring (bicyclic) bond motifs is 2. The molecular weight excluding hydrogens is 316 g/mol. The van der Waals surface area contributed by atoms with Crippen LogP contribution in [-0.2, 0) is 4.79 Å². The third-order valence-corrected chi connectivity index (χ3v) is 7.97. The Labute approximate surface area is 149 Å². The molecule has 2 N–H and O–H groups in total. The van der Waals surface area contributed by atoms with Gasteiger partial charge in [0.15, 0.2) is 0 Å². The van der Waals surface area contributed by atoms with Gasteiger partial charge in [0, 0.05) is 24.0 Å². The number of carbonyl (C=O) groups is 2. The zero-order chi connectivity index (χ0) is 17.2. The summed E-state index contributed by atoms with van der Waals surface area (Å²) < 4.78 is 0. The van der Waals surface area contributed by atoms with Crippen LogP contribution >= 0.6 is 0 Å². The second kappa shape index (κ2) is 5.62. The topological polar surface area (TPSA) is 69.6 Å². The largest absolute Gasteiger partial charge is 0.465 e. The molecular formula is C20H30N2O3. The molecule has 138 valence electrons. The van der Waals surface area contributed by atoms with E-state index >= 15 is 0 Å². The fourth-order valence-electron chi connectivity index (χ4n) is 7.64. The number of nitrogens with one attached hydrogen (secondary N) is 1. The first-order valence-corrected chi connectivity index (χ1v) is 10.3. The van der Waals surface area contributed by atoms with Crippen LogP contribution in [0.4, 0.5) is 4.79 Å². The summed E-state index contributed by atoms with van der Waals surface area (Å²) >= 11 is 0. The zero-order valence-corrected chi connectivity index (χ0v) is 15.0. The minimum absolute atomic E-state index is 0.104. The average molecular weight is 346 g/mol. The maximum Gasteiger partial charge on any atom is 0.407 e. The lowest BCUT2D eigenvalue weighted by Gasteiger charge is -2.57. The van der Waals surface area contributed by atoms with Crippen LogP contribution in [0.3, 0.4) is 0 Å². The number of piperidine rings is 1. The fourth-order valence-corrected chi connectivity index (χ4v) is 7.64. The van der Waals surface area contributed by atoms with Gasteiger partial charge in [0.1, 0.15) is 0 Å². The van der Waals surface area contributed by atoms with Crippen molar-refractivity contribution in [1.82, 2.24) is 10.2 Å². The van der Waals surface area contributed by atoms with Gasteiger partial charge in [-0.2, -0.15) is 0 Å². The summed E-state index contributed by atoms with van der Waals surface area (Å²) in [5, 5.41) is 12.9. The highest BCUT2D eigenvalue weighted by molar-refractivity contribution is 5.77. The molecule has 25 heavy (non-hydrogen) atoms. The molecule has 2 heterocycles. The van der Waals surface area contributed by atoms with Crippen molar-refractivity contribution < 1.29 is 14.7 Å². The van der Waals surface area contributed by atoms with Gasteiger partial charge in [-0.1, -0.05) is 0 Å². The lowest BCUT2D eigenvalue weighted by Crippen LogP contribution is -2.60. The van der Waals surface area contributed by atoms with Crippen LogP contribution in [0.5, 0.6) is 0 Å². The van der Waals surface area contributed by atoms with Gasteiger partial charge in [-0.3, -0.25) is 4.79 Å². The Balaban J connectivity index is 1.20. The Morgan fingerprint density at radius 1 is 0.920 bits per heavy atom. The highest BCUT2D eigenvalue weighted by Crippen LogP contribution is 2.55. The summed E-state index contributed by atoms with van der Waals surface area (Å²) in [6.07, 6.45) is 11.3. The minimum atomic E-state index is -0.774. The Morgan fingerprint density at radius 3 is 1.92 bits per heavy atom. The molecule has 0 aromatic heterocycles. The molecule has 6 aliphatic rings. The van der Waals surface area contributed by atoms with E-state index in [4.69, 9.17) is 0 Å². The lowest BCUT2D eigenvalue weighted by molar-refractivity contribution is -0.128. The van der Waals surface area contributed by atoms with E-state index in [9.17, 15) is 14.7 Å². The second-order valence-electron chi connectivity index (χ2n) is 9.86. The maximum atomic E-state index is 12.8. The number of rotatable bonds is 3. The quantitative estimate of drug-likeness (QED) is 0.823. The van der Waals surface area contributed by atoms with Crippen molar-refractivity contribution in [3.05, 3.63) is 0 Å². The molecule has 0 radical (unpaired) electrons. The maximum absolute atomic E-state index is 12.8. The van der Waals surface area contributed by atoms with Gasteiger partial charge in [-0.05, 0) is 87.9 Å². The van der Waals surface area contributed by atoms with Crippen LogP contribution < -0.4 is 5.32 Å². The highest BCUT2D eigenvalue weighted by Gasteiger charge is 2.52. The van der Waals surface area contributed by atoms with E-state index < -0.39 is 6.09 Å². The molecule has 3 atom stereocenters. The van der Waals surface area contributed by atoms with E-state index in [1.54, 1.807) is 4.90 Å². The van der Waals surface area contributed by atoms with Crippen LogP contribution in [0, 0.1) is 23.7 Å². The molecule has 2 aliphatic heterocycles. The molecule has 6 fully saturated rings. The molecule has 0 aromatic rings. The molecule has 5 nitrogen and oxygen atoms in total. The highest BCUT2D eigenvalue weighted by atomic mass is 16.4. The molecule has 2 saturated heterocycles. The number of amides is 2. The summed E-state index contributed by atoms with van der Waals surface area (Å²) in [5.74, 6) is 3.14. The van der Waals surface area contributed by atoms with E-state index in [1.807, 2.05) is 0 Å². The Morgan fingerprint density at radius 2 is 1.44 bits per heavy atom. The van der Waals surface area contributed by atoms with Crippen molar-refractivity contribution in [3.8, 4) is 0 Å². The predicted octanol–water partition coefficient (Wildman–Crippen LogP) is 3.38. The summed E-state index contributed by atoms with van der Waals surface area (Å²) in [6, 6.07) is 0.294. The van der Waals surface area contributed by atoms with E-state index in [-0.39, 0.29) is 23.5 Å². The van der Waals surface area contributed by atoms with Crippen molar-refractivity contribution >= 4 is 12.0 Å². The van der Waals surface area contributed by atoms with E-state index in [2.05, 4.69) is 5.32 Å². The van der Waals surface area contributed by atoms with Crippen LogP contribution in [-0.4, -0.2) is 39.6 Å². The van der Waals surface area contributed by atoms with Gasteiger partial charge >= 0.3 is 6.09 Å². The molecule has 0 aromatic carbocycles. The van der Waals surface area contributed by atoms with E-state index in [0.29, 0.717) is 12.3 Å². The molecule has 0 spiro atoms. The smallest absolute Gasteiger partial charge is 0.407 e. The van der Waals surface area contributed by atoms with Crippen molar-refractivity contribution in [3.63, 3.8) is 0 Å². The first kappa shape index (κ1) is 16.0. The van der Waals surface area contributed by atoms with Gasteiger partial charge in [-0.25, -0.2) is 4.79 Å². The Bertz CT molecular complexity index is 540. The van der Waals surface area contributed by atoms with Crippen LogP contribution in [0.15, 0.2) is 0 Å². The number of hydrogen-bond acceptors (Lipinski definition) is 2. The van der Waals surface area contributed by atoms with Crippen LogP contribution in [0.1, 0.15) is 70.6 Å². The van der Waals surface area contributed by atoms with Crippen molar-refractivity contribution in [2.75, 3.05) is 0 Å². The van der Waals surface area contributed by atoms with Crippen molar-refractivity contribution in [2.45, 2.75) is 88.3 Å². The molecule has 4 saturated carbocycles.